The number of anilines is 1. The number of hydrogen-bond acceptors (Lipinski definition) is 12. The molecule has 0 saturated carbocycles. The first-order valence-electron chi connectivity index (χ1n) is 15.6. The SMILES string of the molecule is N#CC1(c2ccc3c(NC(=O)c4ccccc4)ncnn23)OC(COC(=O)C(F)(F)F)(N=[N+]=[N-])C(OC(=O)c2ccccc2)C1OC(=O)c1ccccc1. The number of halogens is 3. The van der Waals surface area contributed by atoms with Gasteiger partial charge in [-0.2, -0.15) is 23.5 Å². The maximum absolute atomic E-state index is 13.7. The van der Waals surface area contributed by atoms with Crippen LogP contribution in [0.2, 0.25) is 0 Å². The van der Waals surface area contributed by atoms with Gasteiger partial charge in [0.15, 0.2) is 18.0 Å². The van der Waals surface area contributed by atoms with Crippen molar-refractivity contribution in [3.63, 3.8) is 0 Å². The van der Waals surface area contributed by atoms with Crippen molar-refractivity contribution in [2.75, 3.05) is 11.9 Å². The second kappa shape index (κ2) is 14.7. The summed E-state index contributed by atoms with van der Waals surface area (Å²) in [6.07, 6.45) is -9.03. The van der Waals surface area contributed by atoms with Crippen LogP contribution < -0.4 is 5.32 Å². The van der Waals surface area contributed by atoms with E-state index in [1.807, 2.05) is 6.07 Å². The number of alkyl halides is 3. The van der Waals surface area contributed by atoms with Crippen molar-refractivity contribution in [3.8, 4) is 6.07 Å². The lowest BCUT2D eigenvalue weighted by Crippen LogP contribution is -2.50. The standard InChI is InChI=1S/C35H23F3N8O8/c36-35(37,38)32(50)51-19-34(44-45-40)27(53-31(49)23-14-8-3-9-15-23)26(52-30(48)22-12-6-2-7-13-22)33(18-39,54-34)25-17-16-24-28(41-20-42-46(24)25)43-29(47)21-10-4-1-5-11-21/h1-17,20,26-27H,19H2,(H,41,42,43,47). The van der Waals surface area contributed by atoms with Crippen LogP contribution in [-0.4, -0.2) is 69.1 Å². The van der Waals surface area contributed by atoms with E-state index in [4.69, 9.17) is 14.2 Å². The number of hydrogen-bond donors (Lipinski definition) is 1. The summed E-state index contributed by atoms with van der Waals surface area (Å²) in [7, 11) is 0. The summed E-state index contributed by atoms with van der Waals surface area (Å²) in [5.74, 6) is -5.74. The normalized spacial score (nSPS) is 20.6. The lowest BCUT2D eigenvalue weighted by Gasteiger charge is -2.30. The molecule has 5 aromatic rings. The van der Waals surface area contributed by atoms with Crippen LogP contribution in [0.3, 0.4) is 0 Å². The molecule has 19 heteroatoms. The summed E-state index contributed by atoms with van der Waals surface area (Å²) in [4.78, 5) is 59.0. The Morgan fingerprint density at radius 2 is 1.44 bits per heavy atom. The molecule has 4 atom stereocenters. The highest BCUT2D eigenvalue weighted by molar-refractivity contribution is 6.05. The molecule has 1 amide bonds. The molecule has 54 heavy (non-hydrogen) atoms. The first-order valence-corrected chi connectivity index (χ1v) is 15.6. The Bertz CT molecular complexity index is 2320. The average molecular weight is 741 g/mol. The summed E-state index contributed by atoms with van der Waals surface area (Å²) < 4.78 is 63.2. The highest BCUT2D eigenvalue weighted by Crippen LogP contribution is 2.50. The Kier molecular flexibility index (Phi) is 9.97. The van der Waals surface area contributed by atoms with E-state index in [1.54, 1.807) is 30.3 Å². The predicted octanol–water partition coefficient (Wildman–Crippen LogP) is 5.29. The van der Waals surface area contributed by atoms with E-state index in [2.05, 4.69) is 30.2 Å². The number of aromatic nitrogens is 3. The van der Waals surface area contributed by atoms with E-state index in [0.29, 0.717) is 0 Å². The molecule has 1 N–H and O–H groups in total. The third-order valence-corrected chi connectivity index (χ3v) is 8.07. The molecule has 4 unspecified atom stereocenters. The van der Waals surface area contributed by atoms with Crippen LogP contribution >= 0.6 is 0 Å². The van der Waals surface area contributed by atoms with E-state index < -0.39 is 60.1 Å². The number of esters is 3. The Labute approximate surface area is 301 Å². The number of rotatable bonds is 10. The van der Waals surface area contributed by atoms with Gasteiger partial charge in [0.1, 0.15) is 24.5 Å². The molecule has 0 spiro atoms. The number of azide groups is 1. The number of ether oxygens (including phenoxy) is 4. The van der Waals surface area contributed by atoms with Crippen LogP contribution in [0, 0.1) is 11.3 Å². The molecule has 1 aliphatic rings. The molecule has 0 radical (unpaired) electrons. The molecule has 2 aromatic heterocycles. The molecule has 0 aliphatic carbocycles. The molecular formula is C35H23F3N8O8. The van der Waals surface area contributed by atoms with Gasteiger partial charge in [-0.15, -0.1) is 0 Å². The van der Waals surface area contributed by atoms with Gasteiger partial charge in [0.2, 0.25) is 11.3 Å². The zero-order chi connectivity index (χ0) is 38.5. The average Bonchev–Trinajstić information content (AvgIpc) is 3.73. The lowest BCUT2D eigenvalue weighted by atomic mass is 9.90. The van der Waals surface area contributed by atoms with Gasteiger partial charge in [-0.3, -0.25) is 4.79 Å². The van der Waals surface area contributed by atoms with Gasteiger partial charge >= 0.3 is 24.1 Å². The topological polar surface area (TPSA) is 220 Å². The minimum absolute atomic E-state index is 0.0331. The van der Waals surface area contributed by atoms with Gasteiger partial charge in [-0.1, -0.05) is 59.7 Å². The van der Waals surface area contributed by atoms with Crippen LogP contribution in [0.25, 0.3) is 16.0 Å². The number of nitrogens with zero attached hydrogens (tertiary/aromatic N) is 7. The molecule has 1 fully saturated rings. The first-order chi connectivity index (χ1) is 25.9. The number of fused-ring (bicyclic) bond motifs is 1. The molecule has 3 aromatic carbocycles. The van der Waals surface area contributed by atoms with Crippen molar-refractivity contribution in [1.29, 1.82) is 5.26 Å². The third kappa shape index (κ3) is 6.97. The van der Waals surface area contributed by atoms with Gasteiger partial charge < -0.3 is 24.3 Å². The summed E-state index contributed by atoms with van der Waals surface area (Å²) in [6, 6.07) is 26.8. The fourth-order valence-electron chi connectivity index (χ4n) is 5.62. The summed E-state index contributed by atoms with van der Waals surface area (Å²) in [5, 5.41) is 21.3. The molecule has 16 nitrogen and oxygen atoms in total. The number of nitriles is 1. The second-order valence-electron chi connectivity index (χ2n) is 11.4. The monoisotopic (exact) mass is 740 g/mol. The van der Waals surface area contributed by atoms with Crippen LogP contribution in [0.5, 0.6) is 0 Å². The van der Waals surface area contributed by atoms with Crippen LogP contribution in [0.4, 0.5) is 19.0 Å². The van der Waals surface area contributed by atoms with Crippen molar-refractivity contribution in [2.45, 2.75) is 29.7 Å². The Balaban J connectivity index is 1.54. The zero-order valence-electron chi connectivity index (χ0n) is 27.3. The number of carbonyl (C=O) groups excluding carboxylic acids is 4. The van der Waals surface area contributed by atoms with E-state index >= 15 is 0 Å². The van der Waals surface area contributed by atoms with E-state index in [0.717, 1.165) is 10.8 Å². The largest absolute Gasteiger partial charge is 0.490 e. The second-order valence-corrected chi connectivity index (χ2v) is 11.4. The van der Waals surface area contributed by atoms with E-state index in [1.165, 1.54) is 72.8 Å². The van der Waals surface area contributed by atoms with Crippen molar-refractivity contribution in [1.82, 2.24) is 14.6 Å². The van der Waals surface area contributed by atoms with Gasteiger partial charge in [0.25, 0.3) is 5.91 Å². The van der Waals surface area contributed by atoms with Gasteiger partial charge in [-0.05, 0) is 54.1 Å². The number of nitrogens with one attached hydrogen (secondary N) is 1. The predicted molar refractivity (Wildman–Crippen MR) is 176 cm³/mol. The van der Waals surface area contributed by atoms with Crippen LogP contribution in [-0.2, 0) is 29.3 Å². The van der Waals surface area contributed by atoms with Gasteiger partial charge in [0, 0.05) is 10.5 Å². The molecule has 1 aliphatic heterocycles. The molecule has 1 saturated heterocycles. The highest BCUT2D eigenvalue weighted by Gasteiger charge is 2.70. The maximum atomic E-state index is 13.7. The fraction of sp³-hybridized carbons (Fsp3) is 0.171. The lowest BCUT2D eigenvalue weighted by molar-refractivity contribution is -0.211. The van der Waals surface area contributed by atoms with E-state index in [9.17, 15) is 43.1 Å². The molecule has 3 heterocycles. The maximum Gasteiger partial charge on any atom is 0.490 e. The van der Waals surface area contributed by atoms with Crippen LogP contribution in [0.15, 0.2) is 115 Å². The Morgan fingerprint density at radius 1 is 0.889 bits per heavy atom. The van der Waals surface area contributed by atoms with Gasteiger partial charge in [-0.25, -0.2) is 23.9 Å². The van der Waals surface area contributed by atoms with Crippen molar-refractivity contribution < 1.29 is 51.3 Å². The fourth-order valence-corrected chi connectivity index (χ4v) is 5.62. The van der Waals surface area contributed by atoms with Crippen molar-refractivity contribution >= 4 is 35.1 Å². The summed E-state index contributed by atoms with van der Waals surface area (Å²) >= 11 is 0. The number of carbonyl (C=O) groups is 4. The van der Waals surface area contributed by atoms with Crippen molar-refractivity contribution in [3.05, 3.63) is 142 Å². The quantitative estimate of drug-likeness (QED) is 0.0637. The summed E-state index contributed by atoms with van der Waals surface area (Å²) in [6.45, 7) is -1.60. The molecular weight excluding hydrogens is 717 g/mol. The number of benzene rings is 3. The van der Waals surface area contributed by atoms with E-state index in [-0.39, 0.29) is 33.7 Å². The zero-order valence-corrected chi connectivity index (χ0v) is 27.3. The molecule has 272 valence electrons. The van der Waals surface area contributed by atoms with Gasteiger partial charge in [0.05, 0.1) is 16.8 Å². The Hall–Kier alpha value is -7.29. The number of amides is 1. The molecule has 6 rings (SSSR count). The minimum atomic E-state index is -5.55. The minimum Gasteiger partial charge on any atom is -0.456 e. The van der Waals surface area contributed by atoms with Crippen LogP contribution in [0.1, 0.15) is 36.8 Å². The van der Waals surface area contributed by atoms with Crippen molar-refractivity contribution in [2.24, 2.45) is 5.11 Å². The highest BCUT2D eigenvalue weighted by atomic mass is 19.4. The smallest absolute Gasteiger partial charge is 0.456 e. The first kappa shape index (κ1) is 36.5. The Morgan fingerprint density at radius 3 is 1.98 bits per heavy atom. The molecule has 0 bridgehead atoms. The summed E-state index contributed by atoms with van der Waals surface area (Å²) in [5.41, 5.74) is 3.69. The third-order valence-electron chi connectivity index (χ3n) is 8.07.